The number of allylic oxidation sites excluding steroid dienone is 1. The minimum atomic E-state index is 0.170. The fourth-order valence-corrected chi connectivity index (χ4v) is 3.12. The zero-order valence-corrected chi connectivity index (χ0v) is 13.3. The van der Waals surface area contributed by atoms with Gasteiger partial charge in [-0.1, -0.05) is 23.8 Å². The summed E-state index contributed by atoms with van der Waals surface area (Å²) in [4.78, 5) is 12.8. The molecule has 0 spiro atoms. The lowest BCUT2D eigenvalue weighted by Crippen LogP contribution is -2.15. The van der Waals surface area contributed by atoms with Gasteiger partial charge < -0.3 is 4.74 Å². The predicted octanol–water partition coefficient (Wildman–Crippen LogP) is 4.52. The summed E-state index contributed by atoms with van der Waals surface area (Å²) < 4.78 is 5.17. The normalized spacial score (nSPS) is 15.8. The SMILES string of the molecule is COc1ccc(C=C2CCc3c(C)cc(C)cc3C2=O)cc1. The summed E-state index contributed by atoms with van der Waals surface area (Å²) in [6.07, 6.45) is 3.75. The van der Waals surface area contributed by atoms with E-state index in [0.717, 1.165) is 40.9 Å². The Labute approximate surface area is 131 Å². The first-order valence-electron chi connectivity index (χ1n) is 7.58. The third kappa shape index (κ3) is 2.69. The van der Waals surface area contributed by atoms with E-state index in [-0.39, 0.29) is 5.78 Å². The molecule has 0 aromatic heterocycles. The van der Waals surface area contributed by atoms with Crippen molar-refractivity contribution in [3.8, 4) is 5.75 Å². The first-order chi connectivity index (χ1) is 10.6. The van der Waals surface area contributed by atoms with Gasteiger partial charge in [-0.25, -0.2) is 0 Å². The summed E-state index contributed by atoms with van der Waals surface area (Å²) in [6, 6.07) is 12.0. The highest BCUT2D eigenvalue weighted by Crippen LogP contribution is 2.30. The first kappa shape index (κ1) is 14.6. The second-order valence-corrected chi connectivity index (χ2v) is 5.88. The molecule has 0 N–H and O–H groups in total. The summed E-state index contributed by atoms with van der Waals surface area (Å²) in [7, 11) is 1.65. The van der Waals surface area contributed by atoms with Crippen LogP contribution in [0.3, 0.4) is 0 Å². The molecule has 2 aromatic rings. The number of fused-ring (bicyclic) bond motifs is 1. The van der Waals surface area contributed by atoms with Gasteiger partial charge in [-0.2, -0.15) is 0 Å². The number of carbonyl (C=O) groups is 1. The molecule has 0 radical (unpaired) electrons. The third-order valence-electron chi connectivity index (χ3n) is 4.25. The summed E-state index contributed by atoms with van der Waals surface area (Å²) in [5.74, 6) is 0.998. The van der Waals surface area contributed by atoms with Crippen molar-refractivity contribution in [2.45, 2.75) is 26.7 Å². The second kappa shape index (κ2) is 5.80. The highest BCUT2D eigenvalue weighted by molar-refractivity contribution is 6.13. The Morgan fingerprint density at radius 2 is 1.77 bits per heavy atom. The molecule has 0 atom stereocenters. The minimum absolute atomic E-state index is 0.170. The molecule has 112 valence electrons. The van der Waals surface area contributed by atoms with Gasteiger partial charge in [0.25, 0.3) is 0 Å². The van der Waals surface area contributed by atoms with Crippen molar-refractivity contribution in [2.75, 3.05) is 7.11 Å². The van der Waals surface area contributed by atoms with Gasteiger partial charge in [-0.3, -0.25) is 4.79 Å². The summed E-state index contributed by atoms with van der Waals surface area (Å²) in [5, 5.41) is 0. The molecule has 0 amide bonds. The lowest BCUT2D eigenvalue weighted by molar-refractivity contribution is 0.102. The molecule has 1 aliphatic carbocycles. The van der Waals surface area contributed by atoms with Crippen LogP contribution >= 0.6 is 0 Å². The molecular formula is C20H20O2. The van der Waals surface area contributed by atoms with E-state index in [0.29, 0.717) is 0 Å². The van der Waals surface area contributed by atoms with Crippen molar-refractivity contribution in [3.05, 3.63) is 69.8 Å². The number of ketones is 1. The molecule has 2 aromatic carbocycles. The smallest absolute Gasteiger partial charge is 0.189 e. The number of benzene rings is 2. The molecule has 0 unspecified atom stereocenters. The van der Waals surface area contributed by atoms with Gasteiger partial charge in [0.2, 0.25) is 0 Å². The number of rotatable bonds is 2. The average molecular weight is 292 g/mol. The van der Waals surface area contributed by atoms with Crippen LogP contribution < -0.4 is 4.74 Å². The van der Waals surface area contributed by atoms with Crippen LogP contribution in [0.1, 0.15) is 39.0 Å². The van der Waals surface area contributed by atoms with Crippen molar-refractivity contribution >= 4 is 11.9 Å². The number of hydrogen-bond donors (Lipinski definition) is 0. The number of hydrogen-bond acceptors (Lipinski definition) is 2. The maximum Gasteiger partial charge on any atom is 0.189 e. The Hall–Kier alpha value is -2.35. The van der Waals surface area contributed by atoms with E-state index in [1.165, 1.54) is 11.1 Å². The van der Waals surface area contributed by atoms with Crippen LogP contribution in [0, 0.1) is 13.8 Å². The highest BCUT2D eigenvalue weighted by atomic mass is 16.5. The minimum Gasteiger partial charge on any atom is -0.497 e. The monoisotopic (exact) mass is 292 g/mol. The van der Waals surface area contributed by atoms with Crippen molar-refractivity contribution in [2.24, 2.45) is 0 Å². The van der Waals surface area contributed by atoms with Crippen molar-refractivity contribution in [1.29, 1.82) is 0 Å². The number of ether oxygens (including phenoxy) is 1. The quantitative estimate of drug-likeness (QED) is 0.760. The molecule has 0 bridgehead atoms. The van der Waals surface area contributed by atoms with E-state index < -0.39 is 0 Å². The standard InChI is InChI=1S/C20H20O2/c1-13-10-14(2)18-9-6-16(20(21)19(18)11-13)12-15-4-7-17(22-3)8-5-15/h4-5,7-8,10-12H,6,9H2,1-3H3. The topological polar surface area (TPSA) is 26.3 Å². The Morgan fingerprint density at radius 1 is 1.05 bits per heavy atom. The largest absolute Gasteiger partial charge is 0.497 e. The van der Waals surface area contributed by atoms with E-state index >= 15 is 0 Å². The van der Waals surface area contributed by atoms with Crippen molar-refractivity contribution in [3.63, 3.8) is 0 Å². The van der Waals surface area contributed by atoms with Gasteiger partial charge in [-0.15, -0.1) is 0 Å². The van der Waals surface area contributed by atoms with Gasteiger partial charge in [-0.05, 0) is 67.7 Å². The Kier molecular flexibility index (Phi) is 3.84. The van der Waals surface area contributed by atoms with Gasteiger partial charge in [0.1, 0.15) is 5.75 Å². The molecule has 2 nitrogen and oxygen atoms in total. The highest BCUT2D eigenvalue weighted by Gasteiger charge is 2.23. The van der Waals surface area contributed by atoms with E-state index in [4.69, 9.17) is 4.74 Å². The van der Waals surface area contributed by atoms with Gasteiger partial charge in [0.15, 0.2) is 5.78 Å². The number of Topliss-reactive ketones (excluding diaryl/α,β-unsaturated/α-hetero) is 1. The first-order valence-corrected chi connectivity index (χ1v) is 7.58. The molecule has 1 aliphatic rings. The fraction of sp³-hybridized carbons (Fsp3) is 0.250. The zero-order valence-electron chi connectivity index (χ0n) is 13.3. The van der Waals surface area contributed by atoms with Crippen molar-refractivity contribution < 1.29 is 9.53 Å². The van der Waals surface area contributed by atoms with Gasteiger partial charge in [0.05, 0.1) is 7.11 Å². The van der Waals surface area contributed by atoms with Gasteiger partial charge >= 0.3 is 0 Å². The molecule has 0 saturated heterocycles. The van der Waals surface area contributed by atoms with Crippen LogP contribution in [0.5, 0.6) is 5.75 Å². The van der Waals surface area contributed by atoms with Gasteiger partial charge in [0, 0.05) is 11.1 Å². The van der Waals surface area contributed by atoms with E-state index in [2.05, 4.69) is 13.0 Å². The lowest BCUT2D eigenvalue weighted by Gasteiger charge is -2.20. The molecule has 2 heteroatoms. The average Bonchev–Trinajstić information content (AvgIpc) is 2.51. The Morgan fingerprint density at radius 3 is 2.45 bits per heavy atom. The van der Waals surface area contributed by atoms with Crippen LogP contribution in [0.4, 0.5) is 0 Å². The van der Waals surface area contributed by atoms with Crippen molar-refractivity contribution in [1.82, 2.24) is 0 Å². The van der Waals surface area contributed by atoms with Crippen LogP contribution in [0.2, 0.25) is 0 Å². The summed E-state index contributed by atoms with van der Waals surface area (Å²) in [6.45, 7) is 4.14. The number of carbonyl (C=O) groups excluding carboxylic acids is 1. The molecule has 22 heavy (non-hydrogen) atoms. The maximum absolute atomic E-state index is 12.8. The summed E-state index contributed by atoms with van der Waals surface area (Å²) >= 11 is 0. The van der Waals surface area contributed by atoms with Crippen LogP contribution in [-0.2, 0) is 6.42 Å². The third-order valence-corrected chi connectivity index (χ3v) is 4.25. The maximum atomic E-state index is 12.8. The lowest BCUT2D eigenvalue weighted by atomic mass is 9.83. The van der Waals surface area contributed by atoms with E-state index in [1.54, 1.807) is 7.11 Å². The molecule has 0 fully saturated rings. The molecule has 0 heterocycles. The zero-order chi connectivity index (χ0) is 15.7. The van der Waals surface area contributed by atoms with E-state index in [9.17, 15) is 4.79 Å². The Bertz CT molecular complexity index is 752. The second-order valence-electron chi connectivity index (χ2n) is 5.88. The Balaban J connectivity index is 1.96. The molecule has 0 saturated carbocycles. The molecule has 3 rings (SSSR count). The van der Waals surface area contributed by atoms with E-state index in [1.807, 2.05) is 43.3 Å². The molecular weight excluding hydrogens is 272 g/mol. The number of methoxy groups -OCH3 is 1. The van der Waals surface area contributed by atoms with Crippen LogP contribution in [0.25, 0.3) is 6.08 Å². The molecule has 0 aliphatic heterocycles. The van der Waals surface area contributed by atoms with Crippen LogP contribution in [-0.4, -0.2) is 12.9 Å². The van der Waals surface area contributed by atoms with Crippen LogP contribution in [0.15, 0.2) is 42.0 Å². The fourth-order valence-electron chi connectivity index (χ4n) is 3.12. The summed E-state index contributed by atoms with van der Waals surface area (Å²) in [5.41, 5.74) is 6.40. The predicted molar refractivity (Wildman–Crippen MR) is 89.5 cm³/mol. The number of aryl methyl sites for hydroxylation is 2.